The van der Waals surface area contributed by atoms with Gasteiger partial charge < -0.3 is 0 Å². The van der Waals surface area contributed by atoms with Gasteiger partial charge >= 0.3 is 0 Å². The van der Waals surface area contributed by atoms with Gasteiger partial charge in [-0.25, -0.2) is 0 Å². The minimum absolute atomic E-state index is 0.312. The third kappa shape index (κ3) is 3.19. The average Bonchev–Trinajstić information content (AvgIpc) is 2.56. The van der Waals surface area contributed by atoms with Crippen molar-refractivity contribution in [3.05, 3.63) is 83.9 Å². The highest BCUT2D eigenvalue weighted by atomic mass is 16.1. The summed E-state index contributed by atoms with van der Waals surface area (Å²) >= 11 is 0. The smallest absolute Gasteiger partial charge is 0.163 e. The summed E-state index contributed by atoms with van der Waals surface area (Å²) < 4.78 is 0. The van der Waals surface area contributed by atoms with Crippen molar-refractivity contribution in [2.24, 2.45) is 0 Å². The molecule has 0 N–H and O–H groups in total. The lowest BCUT2D eigenvalue weighted by molar-refractivity contribution is 0.0972. The first kappa shape index (κ1) is 13.6. The summed E-state index contributed by atoms with van der Waals surface area (Å²) in [7, 11) is 0. The van der Waals surface area contributed by atoms with Crippen molar-refractivity contribution >= 4 is 16.6 Å². The number of rotatable bonds is 0. The second-order valence-electron chi connectivity index (χ2n) is 5.28. The average molecular weight is 274 g/mol. The van der Waals surface area contributed by atoms with E-state index in [9.17, 15) is 4.79 Å². The van der Waals surface area contributed by atoms with Crippen LogP contribution in [-0.2, 0) is 6.42 Å². The van der Waals surface area contributed by atoms with Gasteiger partial charge in [0.05, 0.1) is 0 Å². The van der Waals surface area contributed by atoms with Crippen molar-refractivity contribution in [3.8, 4) is 0 Å². The molecule has 3 aromatic carbocycles. The fraction of sp³-hybridized carbons (Fsp3) is 0.150. The molecule has 1 nitrogen and oxygen atoms in total. The van der Waals surface area contributed by atoms with Crippen LogP contribution in [0.2, 0.25) is 0 Å². The molecule has 104 valence electrons. The van der Waals surface area contributed by atoms with E-state index in [1.807, 2.05) is 24.3 Å². The van der Waals surface area contributed by atoms with Crippen LogP contribution < -0.4 is 0 Å². The standard InChI is InChI=1S/C10H10O.C10H8/c11-10-7-3-5-8-4-1-2-6-9(8)10;1-2-6-10-8-4-3-7-9(10)5-1/h1-2,4,6H,3,5,7H2;1-8H. The number of hydrogen-bond donors (Lipinski definition) is 0. The van der Waals surface area contributed by atoms with Crippen LogP contribution >= 0.6 is 0 Å². The molecule has 4 rings (SSSR count). The Balaban J connectivity index is 0.000000126. The van der Waals surface area contributed by atoms with E-state index in [-0.39, 0.29) is 0 Å². The second kappa shape index (κ2) is 6.36. The van der Waals surface area contributed by atoms with E-state index < -0.39 is 0 Å². The van der Waals surface area contributed by atoms with Crippen LogP contribution in [0.3, 0.4) is 0 Å². The molecule has 0 fully saturated rings. The minimum atomic E-state index is 0.312. The molecule has 21 heavy (non-hydrogen) atoms. The first-order valence-corrected chi connectivity index (χ1v) is 7.39. The largest absolute Gasteiger partial charge is 0.294 e. The lowest BCUT2D eigenvalue weighted by Crippen LogP contribution is -2.09. The van der Waals surface area contributed by atoms with Gasteiger partial charge in [0.2, 0.25) is 0 Å². The first-order chi connectivity index (χ1) is 10.3. The third-order valence-electron chi connectivity index (χ3n) is 3.83. The lowest BCUT2D eigenvalue weighted by Gasteiger charge is -2.12. The molecule has 0 heterocycles. The van der Waals surface area contributed by atoms with Crippen LogP contribution in [-0.4, -0.2) is 5.78 Å². The molecule has 0 radical (unpaired) electrons. The summed E-state index contributed by atoms with van der Waals surface area (Å²) in [5, 5.41) is 2.62. The fourth-order valence-electron chi connectivity index (χ4n) is 2.72. The molecule has 0 spiro atoms. The van der Waals surface area contributed by atoms with Crippen molar-refractivity contribution in [1.82, 2.24) is 0 Å². The van der Waals surface area contributed by atoms with Gasteiger partial charge in [0.1, 0.15) is 0 Å². The summed E-state index contributed by atoms with van der Waals surface area (Å²) in [6, 6.07) is 24.6. The van der Waals surface area contributed by atoms with Gasteiger partial charge in [-0.15, -0.1) is 0 Å². The highest BCUT2D eigenvalue weighted by Crippen LogP contribution is 2.20. The fourth-order valence-corrected chi connectivity index (χ4v) is 2.72. The summed E-state index contributed by atoms with van der Waals surface area (Å²) in [6.45, 7) is 0. The van der Waals surface area contributed by atoms with Crippen LogP contribution in [0.25, 0.3) is 10.8 Å². The Bertz CT molecular complexity index is 693. The molecule has 0 aromatic heterocycles. The van der Waals surface area contributed by atoms with Crippen molar-refractivity contribution in [2.75, 3.05) is 0 Å². The maximum absolute atomic E-state index is 11.3. The molecule has 1 heteroatoms. The topological polar surface area (TPSA) is 17.1 Å². The molecule has 1 aliphatic carbocycles. The Hall–Kier alpha value is -2.41. The van der Waals surface area contributed by atoms with Gasteiger partial charge in [0, 0.05) is 12.0 Å². The highest BCUT2D eigenvalue weighted by Gasteiger charge is 2.14. The van der Waals surface area contributed by atoms with E-state index in [1.54, 1.807) is 0 Å². The quantitative estimate of drug-likeness (QED) is 0.561. The highest BCUT2D eigenvalue weighted by molar-refractivity contribution is 5.98. The molecule has 0 saturated heterocycles. The van der Waals surface area contributed by atoms with Gasteiger partial charge in [-0.05, 0) is 29.2 Å². The summed E-state index contributed by atoms with van der Waals surface area (Å²) in [5.74, 6) is 0.312. The van der Waals surface area contributed by atoms with Crippen LogP contribution in [0, 0.1) is 0 Å². The number of carbonyl (C=O) groups is 1. The van der Waals surface area contributed by atoms with Crippen LogP contribution in [0.1, 0.15) is 28.8 Å². The van der Waals surface area contributed by atoms with E-state index in [0.717, 1.165) is 24.8 Å². The van der Waals surface area contributed by atoms with Gasteiger partial charge in [0.25, 0.3) is 0 Å². The van der Waals surface area contributed by atoms with Crippen LogP contribution in [0.4, 0.5) is 0 Å². The third-order valence-corrected chi connectivity index (χ3v) is 3.83. The van der Waals surface area contributed by atoms with E-state index in [4.69, 9.17) is 0 Å². The predicted octanol–water partition coefficient (Wildman–Crippen LogP) is 5.05. The molecule has 1 aliphatic rings. The summed E-state index contributed by atoms with van der Waals surface area (Å²) in [5.41, 5.74) is 2.17. The zero-order chi connectivity index (χ0) is 14.5. The zero-order valence-corrected chi connectivity index (χ0v) is 12.0. The molecular formula is C20H18O. The minimum Gasteiger partial charge on any atom is -0.294 e. The van der Waals surface area contributed by atoms with E-state index in [2.05, 4.69) is 48.5 Å². The maximum Gasteiger partial charge on any atom is 0.163 e. The van der Waals surface area contributed by atoms with Crippen LogP contribution in [0.5, 0.6) is 0 Å². The number of fused-ring (bicyclic) bond motifs is 2. The number of carbonyl (C=O) groups excluding carboxylic acids is 1. The first-order valence-electron chi connectivity index (χ1n) is 7.39. The van der Waals surface area contributed by atoms with Crippen molar-refractivity contribution in [2.45, 2.75) is 19.3 Å². The number of aryl methyl sites for hydroxylation is 1. The monoisotopic (exact) mass is 274 g/mol. The van der Waals surface area contributed by atoms with Crippen molar-refractivity contribution in [3.63, 3.8) is 0 Å². The Morgan fingerprint density at radius 2 is 1.14 bits per heavy atom. The van der Waals surface area contributed by atoms with Crippen LogP contribution in [0.15, 0.2) is 72.8 Å². The number of hydrogen-bond acceptors (Lipinski definition) is 1. The van der Waals surface area contributed by atoms with E-state index in [1.165, 1.54) is 16.3 Å². The van der Waals surface area contributed by atoms with Gasteiger partial charge in [0.15, 0.2) is 5.78 Å². The van der Waals surface area contributed by atoms with Gasteiger partial charge in [-0.2, -0.15) is 0 Å². The Morgan fingerprint density at radius 3 is 1.71 bits per heavy atom. The van der Waals surface area contributed by atoms with Gasteiger partial charge in [-0.3, -0.25) is 4.79 Å². The number of ketones is 1. The SMILES string of the molecule is O=C1CCCc2ccccc21.c1ccc2ccccc2c1. The second-order valence-corrected chi connectivity index (χ2v) is 5.28. The molecule has 0 atom stereocenters. The number of Topliss-reactive ketones (excluding diaryl/α,β-unsaturated/α-hetero) is 1. The molecular weight excluding hydrogens is 256 g/mol. The Morgan fingerprint density at radius 1 is 0.619 bits per heavy atom. The zero-order valence-electron chi connectivity index (χ0n) is 12.0. The summed E-state index contributed by atoms with van der Waals surface area (Å²) in [4.78, 5) is 11.3. The Labute approximate surface area is 125 Å². The van der Waals surface area contributed by atoms with E-state index >= 15 is 0 Å². The molecule has 0 saturated carbocycles. The van der Waals surface area contributed by atoms with Crippen molar-refractivity contribution < 1.29 is 4.79 Å². The molecule has 0 aliphatic heterocycles. The molecule has 3 aromatic rings. The molecule has 0 amide bonds. The molecule has 0 bridgehead atoms. The van der Waals surface area contributed by atoms with E-state index in [0.29, 0.717) is 5.78 Å². The lowest BCUT2D eigenvalue weighted by atomic mass is 9.91. The Kier molecular flexibility index (Phi) is 4.11. The summed E-state index contributed by atoms with van der Waals surface area (Å²) in [6.07, 6.45) is 2.83. The maximum atomic E-state index is 11.3. The predicted molar refractivity (Wildman–Crippen MR) is 87.7 cm³/mol. The van der Waals surface area contributed by atoms with Gasteiger partial charge in [-0.1, -0.05) is 72.8 Å². The molecule has 0 unspecified atom stereocenters. The normalized spacial score (nSPS) is 13.2. The number of benzene rings is 3. The van der Waals surface area contributed by atoms with Crippen molar-refractivity contribution in [1.29, 1.82) is 0 Å².